The van der Waals surface area contributed by atoms with Crippen LogP contribution < -0.4 is 15.1 Å². The van der Waals surface area contributed by atoms with Crippen LogP contribution in [0.2, 0.25) is 0 Å². The monoisotopic (exact) mass is 362 g/mol. The zero-order valence-electron chi connectivity index (χ0n) is 15.3. The Bertz CT molecular complexity index is 863. The molecule has 0 aliphatic carbocycles. The van der Waals surface area contributed by atoms with Gasteiger partial charge in [0.05, 0.1) is 12.2 Å². The molecule has 0 unspecified atom stereocenters. The second-order valence-electron chi connectivity index (χ2n) is 6.36. The molecular formula is C19H22N8. The van der Waals surface area contributed by atoms with E-state index in [1.807, 2.05) is 37.3 Å². The summed E-state index contributed by atoms with van der Waals surface area (Å²) < 4.78 is 0. The van der Waals surface area contributed by atoms with E-state index >= 15 is 0 Å². The Morgan fingerprint density at radius 1 is 0.889 bits per heavy atom. The molecule has 3 aromatic rings. The number of piperazine rings is 1. The van der Waals surface area contributed by atoms with Crippen LogP contribution in [0.5, 0.6) is 0 Å². The predicted molar refractivity (Wildman–Crippen MR) is 105 cm³/mol. The Hall–Kier alpha value is -3.29. The van der Waals surface area contributed by atoms with Crippen molar-refractivity contribution in [3.8, 4) is 0 Å². The molecule has 4 heterocycles. The van der Waals surface area contributed by atoms with Gasteiger partial charge >= 0.3 is 0 Å². The molecule has 0 radical (unpaired) electrons. The minimum Gasteiger partial charge on any atom is -0.364 e. The Labute approximate surface area is 158 Å². The fraction of sp³-hybridized carbons (Fsp3) is 0.316. The van der Waals surface area contributed by atoms with Gasteiger partial charge in [-0.25, -0.2) is 19.9 Å². The highest BCUT2D eigenvalue weighted by Gasteiger charge is 2.20. The minimum absolute atomic E-state index is 0.635. The van der Waals surface area contributed by atoms with Crippen molar-refractivity contribution < 1.29 is 0 Å². The normalized spacial score (nSPS) is 14.3. The summed E-state index contributed by atoms with van der Waals surface area (Å²) in [6, 6.07) is 9.73. The van der Waals surface area contributed by atoms with E-state index in [1.165, 1.54) is 0 Å². The highest BCUT2D eigenvalue weighted by molar-refractivity contribution is 5.50. The predicted octanol–water partition coefficient (Wildman–Crippen LogP) is 1.91. The van der Waals surface area contributed by atoms with Crippen molar-refractivity contribution >= 4 is 17.6 Å². The third-order valence-electron chi connectivity index (χ3n) is 4.44. The molecule has 0 amide bonds. The lowest BCUT2D eigenvalue weighted by molar-refractivity contribution is 0.633. The quantitative estimate of drug-likeness (QED) is 0.737. The van der Waals surface area contributed by atoms with Crippen LogP contribution in [0.15, 0.2) is 48.9 Å². The van der Waals surface area contributed by atoms with Gasteiger partial charge in [0.1, 0.15) is 17.5 Å². The molecule has 1 fully saturated rings. The molecule has 8 heteroatoms. The summed E-state index contributed by atoms with van der Waals surface area (Å²) in [5.74, 6) is 3.30. The number of hydrogen-bond donors (Lipinski definition) is 1. The summed E-state index contributed by atoms with van der Waals surface area (Å²) in [6.45, 7) is 6.02. The Morgan fingerprint density at radius 2 is 1.63 bits per heavy atom. The van der Waals surface area contributed by atoms with Gasteiger partial charge in [0.15, 0.2) is 0 Å². The van der Waals surface area contributed by atoms with Crippen LogP contribution >= 0.6 is 0 Å². The highest BCUT2D eigenvalue weighted by Crippen LogP contribution is 2.19. The van der Waals surface area contributed by atoms with Gasteiger partial charge in [-0.15, -0.1) is 0 Å². The highest BCUT2D eigenvalue weighted by atomic mass is 15.3. The molecule has 1 N–H and O–H groups in total. The molecule has 3 aromatic heterocycles. The van der Waals surface area contributed by atoms with Gasteiger partial charge in [-0.3, -0.25) is 4.98 Å². The minimum atomic E-state index is 0.635. The summed E-state index contributed by atoms with van der Waals surface area (Å²) in [5, 5.41) is 3.35. The molecule has 0 spiro atoms. The zero-order chi connectivity index (χ0) is 18.5. The van der Waals surface area contributed by atoms with Gasteiger partial charge < -0.3 is 15.1 Å². The van der Waals surface area contributed by atoms with E-state index in [9.17, 15) is 0 Å². The van der Waals surface area contributed by atoms with Crippen molar-refractivity contribution in [1.29, 1.82) is 0 Å². The van der Waals surface area contributed by atoms with E-state index in [1.54, 1.807) is 18.6 Å². The van der Waals surface area contributed by atoms with E-state index < -0.39 is 0 Å². The van der Waals surface area contributed by atoms with Crippen molar-refractivity contribution in [2.45, 2.75) is 13.5 Å². The molecule has 0 aromatic carbocycles. The van der Waals surface area contributed by atoms with Crippen LogP contribution in [-0.4, -0.2) is 51.1 Å². The lowest BCUT2D eigenvalue weighted by Gasteiger charge is -2.35. The van der Waals surface area contributed by atoms with Gasteiger partial charge in [0, 0.05) is 50.8 Å². The summed E-state index contributed by atoms with van der Waals surface area (Å²) in [7, 11) is 0. The summed E-state index contributed by atoms with van der Waals surface area (Å²) in [6.07, 6.45) is 5.35. The first kappa shape index (κ1) is 17.1. The van der Waals surface area contributed by atoms with Crippen LogP contribution in [0.25, 0.3) is 0 Å². The first-order chi connectivity index (χ1) is 13.3. The molecule has 138 valence electrons. The largest absolute Gasteiger partial charge is 0.364 e. The van der Waals surface area contributed by atoms with Crippen molar-refractivity contribution in [3.63, 3.8) is 0 Å². The molecule has 0 bridgehead atoms. The number of pyridine rings is 1. The van der Waals surface area contributed by atoms with E-state index in [2.05, 4.69) is 40.0 Å². The molecule has 27 heavy (non-hydrogen) atoms. The lowest BCUT2D eigenvalue weighted by Crippen LogP contribution is -2.47. The van der Waals surface area contributed by atoms with E-state index in [4.69, 9.17) is 0 Å². The maximum Gasteiger partial charge on any atom is 0.225 e. The SMILES string of the molecule is Cc1nc(NCc2ccccn2)cc(N2CCN(c3ncccn3)CC2)n1. The molecule has 4 rings (SSSR count). The topological polar surface area (TPSA) is 83.0 Å². The molecule has 0 saturated carbocycles. The number of nitrogens with one attached hydrogen (secondary N) is 1. The van der Waals surface area contributed by atoms with E-state index in [0.29, 0.717) is 6.54 Å². The number of aryl methyl sites for hydroxylation is 1. The average molecular weight is 362 g/mol. The third kappa shape index (κ3) is 4.28. The van der Waals surface area contributed by atoms with Crippen molar-refractivity contribution in [2.24, 2.45) is 0 Å². The number of nitrogens with zero attached hydrogens (tertiary/aromatic N) is 7. The standard InChI is InChI=1S/C19H22N8/c1-15-24-17(23-14-16-5-2-3-6-20-16)13-18(25-15)26-9-11-27(12-10-26)19-21-7-4-8-22-19/h2-8,13H,9-12,14H2,1H3,(H,23,24,25). The molecule has 8 nitrogen and oxygen atoms in total. The van der Waals surface area contributed by atoms with Gasteiger partial charge in [-0.1, -0.05) is 6.07 Å². The van der Waals surface area contributed by atoms with Crippen LogP contribution in [0.4, 0.5) is 17.6 Å². The summed E-state index contributed by atoms with van der Waals surface area (Å²) in [5.41, 5.74) is 0.979. The van der Waals surface area contributed by atoms with Gasteiger partial charge in [0.25, 0.3) is 0 Å². The van der Waals surface area contributed by atoms with Crippen LogP contribution in [-0.2, 0) is 6.54 Å². The Kier molecular flexibility index (Phi) is 5.04. The van der Waals surface area contributed by atoms with E-state index in [0.717, 1.165) is 55.3 Å². The van der Waals surface area contributed by atoms with Gasteiger partial charge in [0.2, 0.25) is 5.95 Å². The fourth-order valence-corrected chi connectivity index (χ4v) is 3.08. The number of rotatable bonds is 5. The smallest absolute Gasteiger partial charge is 0.225 e. The number of anilines is 3. The second-order valence-corrected chi connectivity index (χ2v) is 6.36. The molecule has 1 saturated heterocycles. The average Bonchev–Trinajstić information content (AvgIpc) is 2.73. The van der Waals surface area contributed by atoms with Crippen molar-refractivity contribution in [1.82, 2.24) is 24.9 Å². The Morgan fingerprint density at radius 3 is 2.37 bits per heavy atom. The molecule has 0 atom stereocenters. The maximum atomic E-state index is 4.62. The lowest BCUT2D eigenvalue weighted by atomic mass is 10.3. The molecular weight excluding hydrogens is 340 g/mol. The van der Waals surface area contributed by atoms with Crippen LogP contribution in [0.1, 0.15) is 11.5 Å². The Balaban J connectivity index is 1.41. The molecule has 1 aliphatic heterocycles. The molecule has 1 aliphatic rings. The number of hydrogen-bond acceptors (Lipinski definition) is 8. The zero-order valence-corrected chi connectivity index (χ0v) is 15.3. The van der Waals surface area contributed by atoms with Crippen molar-refractivity contribution in [2.75, 3.05) is 41.3 Å². The van der Waals surface area contributed by atoms with Gasteiger partial charge in [-0.05, 0) is 25.1 Å². The first-order valence-corrected chi connectivity index (χ1v) is 9.04. The van der Waals surface area contributed by atoms with Gasteiger partial charge in [-0.2, -0.15) is 0 Å². The first-order valence-electron chi connectivity index (χ1n) is 9.04. The fourth-order valence-electron chi connectivity index (χ4n) is 3.08. The van der Waals surface area contributed by atoms with Crippen molar-refractivity contribution in [3.05, 3.63) is 60.4 Å². The number of aromatic nitrogens is 5. The van der Waals surface area contributed by atoms with E-state index in [-0.39, 0.29) is 0 Å². The maximum absolute atomic E-state index is 4.62. The summed E-state index contributed by atoms with van der Waals surface area (Å²) >= 11 is 0. The third-order valence-corrected chi connectivity index (χ3v) is 4.44. The van der Waals surface area contributed by atoms with Crippen LogP contribution in [0, 0.1) is 6.92 Å². The summed E-state index contributed by atoms with van der Waals surface area (Å²) in [4.78, 5) is 26.6. The van der Waals surface area contributed by atoms with Crippen LogP contribution in [0.3, 0.4) is 0 Å². The second kappa shape index (κ2) is 7.94.